The standard InChI is InChI=1S/C19H29N/c1-13(2)20(14(3)4)18-12-11-16-8-5-7-15-9-6-10-17(18)19(15)16/h5,7-8,13-14,17-18H,6,9-12H2,1-4H3. The predicted molar refractivity (Wildman–Crippen MR) is 86.3 cm³/mol. The Morgan fingerprint density at radius 1 is 0.950 bits per heavy atom. The van der Waals surface area contributed by atoms with Gasteiger partial charge in [-0.3, -0.25) is 4.90 Å². The molecule has 0 saturated heterocycles. The molecule has 1 aromatic rings. The Balaban J connectivity index is 1.99. The SMILES string of the molecule is CC(C)N(C(C)C)C1CCc2cccc3c2C1CCC3. The second kappa shape index (κ2) is 5.52. The zero-order valence-electron chi connectivity index (χ0n) is 13.5. The molecule has 20 heavy (non-hydrogen) atoms. The molecule has 0 amide bonds. The van der Waals surface area contributed by atoms with E-state index in [-0.39, 0.29) is 0 Å². The fraction of sp³-hybridized carbons (Fsp3) is 0.684. The first-order chi connectivity index (χ1) is 9.59. The Morgan fingerprint density at radius 3 is 2.25 bits per heavy atom. The molecule has 0 heterocycles. The van der Waals surface area contributed by atoms with Crippen molar-refractivity contribution in [3.05, 3.63) is 34.9 Å². The maximum absolute atomic E-state index is 2.77. The minimum atomic E-state index is 0.649. The zero-order valence-corrected chi connectivity index (χ0v) is 13.5. The van der Waals surface area contributed by atoms with Crippen molar-refractivity contribution >= 4 is 0 Å². The first kappa shape index (κ1) is 14.1. The maximum Gasteiger partial charge on any atom is 0.0173 e. The molecule has 0 fully saturated rings. The zero-order chi connectivity index (χ0) is 14.3. The van der Waals surface area contributed by atoms with E-state index in [1.807, 2.05) is 0 Å². The van der Waals surface area contributed by atoms with Crippen LogP contribution in [0.25, 0.3) is 0 Å². The molecule has 110 valence electrons. The van der Waals surface area contributed by atoms with Crippen LogP contribution >= 0.6 is 0 Å². The second-order valence-corrected chi connectivity index (χ2v) is 7.23. The summed E-state index contributed by atoms with van der Waals surface area (Å²) in [5, 5.41) is 0. The molecule has 2 aliphatic carbocycles. The Kier molecular flexibility index (Phi) is 3.90. The third kappa shape index (κ3) is 2.30. The van der Waals surface area contributed by atoms with Gasteiger partial charge in [0.1, 0.15) is 0 Å². The molecule has 0 N–H and O–H groups in total. The van der Waals surface area contributed by atoms with Gasteiger partial charge in [0, 0.05) is 24.0 Å². The average molecular weight is 271 g/mol. The molecule has 0 spiro atoms. The van der Waals surface area contributed by atoms with Crippen LogP contribution in [0.15, 0.2) is 18.2 Å². The van der Waals surface area contributed by atoms with Gasteiger partial charge in [-0.15, -0.1) is 0 Å². The molecular weight excluding hydrogens is 242 g/mol. The van der Waals surface area contributed by atoms with E-state index < -0.39 is 0 Å². The van der Waals surface area contributed by atoms with E-state index in [9.17, 15) is 0 Å². The van der Waals surface area contributed by atoms with Gasteiger partial charge in [-0.1, -0.05) is 18.2 Å². The number of hydrogen-bond acceptors (Lipinski definition) is 1. The van der Waals surface area contributed by atoms with Gasteiger partial charge in [-0.2, -0.15) is 0 Å². The van der Waals surface area contributed by atoms with Crippen molar-refractivity contribution in [1.29, 1.82) is 0 Å². The monoisotopic (exact) mass is 271 g/mol. The van der Waals surface area contributed by atoms with E-state index in [1.165, 1.54) is 32.1 Å². The van der Waals surface area contributed by atoms with Crippen molar-refractivity contribution in [2.45, 2.75) is 83.8 Å². The lowest BCUT2D eigenvalue weighted by atomic mass is 9.70. The Labute approximate surface area is 124 Å². The largest absolute Gasteiger partial charge is 0.295 e. The maximum atomic E-state index is 2.77. The smallest absolute Gasteiger partial charge is 0.0173 e. The van der Waals surface area contributed by atoms with Gasteiger partial charge in [0.2, 0.25) is 0 Å². The van der Waals surface area contributed by atoms with Gasteiger partial charge in [-0.05, 0) is 76.5 Å². The van der Waals surface area contributed by atoms with Crippen LogP contribution in [0, 0.1) is 0 Å². The highest BCUT2D eigenvalue weighted by molar-refractivity contribution is 5.42. The van der Waals surface area contributed by atoms with Gasteiger partial charge >= 0.3 is 0 Å². The number of nitrogens with zero attached hydrogens (tertiary/aromatic N) is 1. The van der Waals surface area contributed by atoms with Crippen molar-refractivity contribution in [2.75, 3.05) is 0 Å². The molecule has 3 rings (SSSR count). The first-order valence-corrected chi connectivity index (χ1v) is 8.47. The highest BCUT2D eigenvalue weighted by atomic mass is 15.2. The normalized spacial score (nSPS) is 25.4. The lowest BCUT2D eigenvalue weighted by Gasteiger charge is -2.47. The Morgan fingerprint density at radius 2 is 1.60 bits per heavy atom. The fourth-order valence-electron chi connectivity index (χ4n) is 4.84. The Bertz CT molecular complexity index is 452. The van der Waals surface area contributed by atoms with Crippen LogP contribution < -0.4 is 0 Å². The molecule has 2 unspecified atom stereocenters. The van der Waals surface area contributed by atoms with E-state index >= 15 is 0 Å². The summed E-state index contributed by atoms with van der Waals surface area (Å²) in [7, 11) is 0. The van der Waals surface area contributed by atoms with Crippen molar-refractivity contribution in [3.63, 3.8) is 0 Å². The van der Waals surface area contributed by atoms with E-state index in [2.05, 4.69) is 50.8 Å². The van der Waals surface area contributed by atoms with E-state index in [1.54, 1.807) is 16.7 Å². The molecule has 0 radical (unpaired) electrons. The summed E-state index contributed by atoms with van der Waals surface area (Å²) in [6.07, 6.45) is 6.69. The molecule has 1 heteroatoms. The third-order valence-electron chi connectivity index (χ3n) is 5.37. The number of aryl methyl sites for hydroxylation is 2. The lowest BCUT2D eigenvalue weighted by molar-refractivity contribution is 0.0783. The van der Waals surface area contributed by atoms with Crippen LogP contribution in [0.3, 0.4) is 0 Å². The number of hydrogen-bond donors (Lipinski definition) is 0. The summed E-state index contributed by atoms with van der Waals surface area (Å²) in [6, 6.07) is 9.08. The highest BCUT2D eigenvalue weighted by Crippen LogP contribution is 2.44. The summed E-state index contributed by atoms with van der Waals surface area (Å²) in [5.74, 6) is 0.786. The molecule has 0 bridgehead atoms. The third-order valence-corrected chi connectivity index (χ3v) is 5.37. The molecule has 1 nitrogen and oxygen atoms in total. The molecule has 0 aromatic heterocycles. The minimum absolute atomic E-state index is 0.649. The summed E-state index contributed by atoms with van der Waals surface area (Å²) in [4.78, 5) is 2.77. The second-order valence-electron chi connectivity index (χ2n) is 7.23. The molecule has 0 aliphatic heterocycles. The summed E-state index contributed by atoms with van der Waals surface area (Å²) < 4.78 is 0. The molecule has 1 aromatic carbocycles. The Hall–Kier alpha value is -0.820. The summed E-state index contributed by atoms with van der Waals surface area (Å²) >= 11 is 0. The van der Waals surface area contributed by atoms with E-state index in [0.717, 1.165) is 12.0 Å². The van der Waals surface area contributed by atoms with Gasteiger partial charge in [0.05, 0.1) is 0 Å². The molecule has 0 saturated carbocycles. The molecule has 2 atom stereocenters. The fourth-order valence-corrected chi connectivity index (χ4v) is 4.84. The summed E-state index contributed by atoms with van der Waals surface area (Å²) in [6.45, 7) is 9.46. The van der Waals surface area contributed by atoms with Gasteiger partial charge < -0.3 is 0 Å². The van der Waals surface area contributed by atoms with Crippen LogP contribution in [0.5, 0.6) is 0 Å². The highest BCUT2D eigenvalue weighted by Gasteiger charge is 2.37. The lowest BCUT2D eigenvalue weighted by Crippen LogP contribution is -2.50. The van der Waals surface area contributed by atoms with Crippen LogP contribution in [0.2, 0.25) is 0 Å². The minimum Gasteiger partial charge on any atom is -0.295 e. The molecule has 2 aliphatic rings. The number of rotatable bonds is 3. The van der Waals surface area contributed by atoms with Gasteiger partial charge in [0.25, 0.3) is 0 Å². The van der Waals surface area contributed by atoms with Crippen LogP contribution in [0.4, 0.5) is 0 Å². The van der Waals surface area contributed by atoms with Gasteiger partial charge in [0.15, 0.2) is 0 Å². The van der Waals surface area contributed by atoms with Crippen LogP contribution in [0.1, 0.15) is 69.6 Å². The van der Waals surface area contributed by atoms with Crippen LogP contribution in [-0.2, 0) is 12.8 Å². The van der Waals surface area contributed by atoms with E-state index in [4.69, 9.17) is 0 Å². The first-order valence-electron chi connectivity index (χ1n) is 8.47. The number of benzene rings is 1. The van der Waals surface area contributed by atoms with Crippen LogP contribution in [-0.4, -0.2) is 23.0 Å². The molecular formula is C19H29N. The quantitative estimate of drug-likeness (QED) is 0.780. The predicted octanol–water partition coefficient (Wildman–Crippen LogP) is 4.54. The topological polar surface area (TPSA) is 3.24 Å². The van der Waals surface area contributed by atoms with Crippen molar-refractivity contribution < 1.29 is 0 Å². The van der Waals surface area contributed by atoms with Gasteiger partial charge in [-0.25, -0.2) is 0 Å². The summed E-state index contributed by atoms with van der Waals surface area (Å²) in [5.41, 5.74) is 5.04. The van der Waals surface area contributed by atoms with Crippen molar-refractivity contribution in [1.82, 2.24) is 4.90 Å². The van der Waals surface area contributed by atoms with E-state index in [0.29, 0.717) is 12.1 Å². The van der Waals surface area contributed by atoms with Crippen molar-refractivity contribution in [3.8, 4) is 0 Å². The van der Waals surface area contributed by atoms with Crippen molar-refractivity contribution in [2.24, 2.45) is 0 Å². The average Bonchev–Trinajstić information content (AvgIpc) is 2.41.